The smallest absolute Gasteiger partial charge is 0.274 e. The van der Waals surface area contributed by atoms with E-state index in [1.807, 2.05) is 63.2 Å². The highest BCUT2D eigenvalue weighted by Gasteiger charge is 2.21. The second-order valence-electron chi connectivity index (χ2n) is 7.05. The van der Waals surface area contributed by atoms with Crippen LogP contribution in [0.2, 0.25) is 0 Å². The predicted octanol–water partition coefficient (Wildman–Crippen LogP) is 4.50. The van der Waals surface area contributed by atoms with Crippen LogP contribution in [0, 0.1) is 20.8 Å². The molecule has 0 atom stereocenters. The lowest BCUT2D eigenvalue weighted by Crippen LogP contribution is -2.20. The molecule has 7 heteroatoms. The van der Waals surface area contributed by atoms with Gasteiger partial charge in [0.1, 0.15) is 11.5 Å². The monoisotopic (exact) mass is 399 g/mol. The molecule has 150 valence electrons. The Hall–Kier alpha value is -4.00. The van der Waals surface area contributed by atoms with Crippen LogP contribution in [0.5, 0.6) is 0 Å². The Bertz CT molecular complexity index is 1180. The lowest BCUT2D eigenvalue weighted by atomic mass is 10.0. The van der Waals surface area contributed by atoms with Gasteiger partial charge in [0.2, 0.25) is 0 Å². The first-order valence-corrected chi connectivity index (χ1v) is 9.51. The van der Waals surface area contributed by atoms with Gasteiger partial charge in [-0.2, -0.15) is 4.68 Å². The van der Waals surface area contributed by atoms with E-state index in [-0.39, 0.29) is 11.6 Å². The summed E-state index contributed by atoms with van der Waals surface area (Å²) in [5.41, 5.74) is 4.92. The van der Waals surface area contributed by atoms with Crippen LogP contribution < -0.4 is 5.32 Å². The first-order valence-electron chi connectivity index (χ1n) is 9.51. The number of rotatable bonds is 5. The standard InChI is InChI=1S/C23H21N5O2/c1-15-12-16(2)21(17(3)13-15)24-23(29)20(14-19-10-7-11-30-19)28-22(25-26-27-28)18-8-5-4-6-9-18/h4-14H,1-3H3,(H,24,29). The number of tetrazole rings is 1. The molecule has 0 saturated heterocycles. The number of aromatic nitrogens is 4. The molecule has 30 heavy (non-hydrogen) atoms. The van der Waals surface area contributed by atoms with Crippen molar-refractivity contribution in [3.05, 3.63) is 83.3 Å². The van der Waals surface area contributed by atoms with Crippen molar-refractivity contribution in [3.63, 3.8) is 0 Å². The van der Waals surface area contributed by atoms with Crippen molar-refractivity contribution < 1.29 is 9.21 Å². The molecule has 1 N–H and O–H groups in total. The zero-order valence-corrected chi connectivity index (χ0v) is 17.0. The molecule has 0 saturated carbocycles. The second-order valence-corrected chi connectivity index (χ2v) is 7.05. The lowest BCUT2D eigenvalue weighted by molar-refractivity contribution is -0.111. The molecule has 2 aromatic heterocycles. The molecule has 4 rings (SSSR count). The first-order chi connectivity index (χ1) is 14.5. The fraction of sp³-hybridized carbons (Fsp3) is 0.130. The third kappa shape index (κ3) is 3.91. The maximum absolute atomic E-state index is 13.4. The van der Waals surface area contributed by atoms with Crippen LogP contribution in [0.4, 0.5) is 5.69 Å². The second kappa shape index (κ2) is 8.16. The predicted molar refractivity (Wildman–Crippen MR) is 115 cm³/mol. The fourth-order valence-electron chi connectivity index (χ4n) is 3.40. The average molecular weight is 399 g/mol. The van der Waals surface area contributed by atoms with Crippen molar-refractivity contribution in [2.45, 2.75) is 20.8 Å². The molecule has 0 unspecified atom stereocenters. The zero-order chi connectivity index (χ0) is 21.1. The summed E-state index contributed by atoms with van der Waals surface area (Å²) in [6, 6.07) is 17.1. The zero-order valence-electron chi connectivity index (χ0n) is 17.0. The number of hydrogen-bond donors (Lipinski definition) is 1. The van der Waals surface area contributed by atoms with Gasteiger partial charge in [0.05, 0.1) is 6.26 Å². The number of nitrogens with zero attached hydrogens (tertiary/aromatic N) is 4. The number of anilines is 1. The third-order valence-electron chi connectivity index (χ3n) is 4.70. The maximum atomic E-state index is 13.4. The molecule has 1 amide bonds. The summed E-state index contributed by atoms with van der Waals surface area (Å²) >= 11 is 0. The van der Waals surface area contributed by atoms with Crippen molar-refractivity contribution in [1.29, 1.82) is 0 Å². The highest BCUT2D eigenvalue weighted by Crippen LogP contribution is 2.25. The van der Waals surface area contributed by atoms with Gasteiger partial charge in [-0.1, -0.05) is 48.0 Å². The molecule has 0 radical (unpaired) electrons. The summed E-state index contributed by atoms with van der Waals surface area (Å²) in [5.74, 6) is 0.638. The summed E-state index contributed by atoms with van der Waals surface area (Å²) in [6.45, 7) is 5.97. The topological polar surface area (TPSA) is 85.8 Å². The quantitative estimate of drug-likeness (QED) is 0.500. The van der Waals surface area contributed by atoms with E-state index in [1.165, 1.54) is 4.68 Å². The van der Waals surface area contributed by atoms with Crippen LogP contribution >= 0.6 is 0 Å². The van der Waals surface area contributed by atoms with Crippen molar-refractivity contribution >= 4 is 23.4 Å². The van der Waals surface area contributed by atoms with Gasteiger partial charge in [0.15, 0.2) is 5.82 Å². The van der Waals surface area contributed by atoms with Crippen molar-refractivity contribution in [2.24, 2.45) is 0 Å². The molecule has 0 aliphatic heterocycles. The third-order valence-corrected chi connectivity index (χ3v) is 4.70. The SMILES string of the molecule is Cc1cc(C)c(NC(=O)C(=Cc2ccco2)n2nnnc2-c2ccccc2)c(C)c1. The first kappa shape index (κ1) is 19.3. The van der Waals surface area contributed by atoms with E-state index in [2.05, 4.69) is 20.8 Å². The number of carbonyl (C=O) groups is 1. The van der Waals surface area contributed by atoms with Crippen LogP contribution in [0.3, 0.4) is 0 Å². The minimum Gasteiger partial charge on any atom is -0.465 e. The Balaban J connectivity index is 1.78. The molecule has 2 heterocycles. The van der Waals surface area contributed by atoms with Gasteiger partial charge in [-0.15, -0.1) is 5.10 Å². The number of furan rings is 1. The van der Waals surface area contributed by atoms with Crippen LogP contribution in [0.15, 0.2) is 65.3 Å². The molecule has 0 spiro atoms. The Morgan fingerprint density at radius 3 is 2.43 bits per heavy atom. The lowest BCUT2D eigenvalue weighted by Gasteiger charge is -2.15. The van der Waals surface area contributed by atoms with E-state index in [4.69, 9.17) is 4.42 Å². The minimum absolute atomic E-state index is 0.244. The summed E-state index contributed by atoms with van der Waals surface area (Å²) in [6.07, 6.45) is 3.17. The van der Waals surface area contributed by atoms with E-state index >= 15 is 0 Å². The van der Waals surface area contributed by atoms with Gasteiger partial charge in [-0.25, -0.2) is 0 Å². The summed E-state index contributed by atoms with van der Waals surface area (Å²) < 4.78 is 6.86. The largest absolute Gasteiger partial charge is 0.465 e. The van der Waals surface area contributed by atoms with E-state index < -0.39 is 0 Å². The van der Waals surface area contributed by atoms with Crippen LogP contribution in [-0.2, 0) is 4.79 Å². The van der Waals surface area contributed by atoms with Gasteiger partial charge in [0, 0.05) is 17.3 Å². The molecule has 2 aromatic carbocycles. The van der Waals surface area contributed by atoms with Crippen LogP contribution in [-0.4, -0.2) is 26.1 Å². The molecule has 0 bridgehead atoms. The van der Waals surface area contributed by atoms with Gasteiger partial charge in [0.25, 0.3) is 5.91 Å². The van der Waals surface area contributed by atoms with Gasteiger partial charge in [-0.3, -0.25) is 4.79 Å². The summed E-state index contributed by atoms with van der Waals surface area (Å²) in [5, 5.41) is 15.0. The number of amides is 1. The Kier molecular flexibility index (Phi) is 5.26. The Labute approximate surface area is 174 Å². The number of hydrogen-bond acceptors (Lipinski definition) is 5. The van der Waals surface area contributed by atoms with Gasteiger partial charge >= 0.3 is 0 Å². The van der Waals surface area contributed by atoms with Crippen molar-refractivity contribution in [3.8, 4) is 11.4 Å². The molecule has 0 aliphatic carbocycles. The number of benzene rings is 2. The van der Waals surface area contributed by atoms with E-state index in [1.54, 1.807) is 24.5 Å². The van der Waals surface area contributed by atoms with Gasteiger partial charge in [-0.05, 0) is 54.5 Å². The normalized spacial score (nSPS) is 11.5. The maximum Gasteiger partial charge on any atom is 0.274 e. The molecule has 4 aromatic rings. The molecular weight excluding hydrogens is 378 g/mol. The van der Waals surface area contributed by atoms with E-state index in [0.29, 0.717) is 11.6 Å². The van der Waals surface area contributed by atoms with Crippen LogP contribution in [0.1, 0.15) is 22.5 Å². The summed E-state index contributed by atoms with van der Waals surface area (Å²) in [4.78, 5) is 13.4. The summed E-state index contributed by atoms with van der Waals surface area (Å²) in [7, 11) is 0. The molecular formula is C23H21N5O2. The Morgan fingerprint density at radius 1 is 1.03 bits per heavy atom. The average Bonchev–Trinajstić information content (AvgIpc) is 3.41. The molecule has 0 aliphatic rings. The highest BCUT2D eigenvalue weighted by atomic mass is 16.3. The van der Waals surface area contributed by atoms with Gasteiger partial charge < -0.3 is 9.73 Å². The Morgan fingerprint density at radius 2 is 1.77 bits per heavy atom. The van der Waals surface area contributed by atoms with E-state index in [9.17, 15) is 4.79 Å². The fourth-order valence-corrected chi connectivity index (χ4v) is 3.40. The molecule has 7 nitrogen and oxygen atoms in total. The number of aryl methyl sites for hydroxylation is 3. The molecule has 0 fully saturated rings. The van der Waals surface area contributed by atoms with E-state index in [0.717, 1.165) is 27.9 Å². The van der Waals surface area contributed by atoms with Crippen LogP contribution in [0.25, 0.3) is 23.2 Å². The number of nitrogens with one attached hydrogen (secondary N) is 1. The highest BCUT2D eigenvalue weighted by molar-refractivity contribution is 6.24. The minimum atomic E-state index is -0.342. The van der Waals surface area contributed by atoms with Crippen molar-refractivity contribution in [1.82, 2.24) is 20.2 Å². The van der Waals surface area contributed by atoms with Crippen molar-refractivity contribution in [2.75, 3.05) is 5.32 Å². The number of carbonyl (C=O) groups excluding carboxylic acids is 1.